The van der Waals surface area contributed by atoms with Crippen LogP contribution in [-0.2, 0) is 6.54 Å². The summed E-state index contributed by atoms with van der Waals surface area (Å²) in [6.45, 7) is 0.314. The molecular weight excluding hydrogens is 280 g/mol. The van der Waals surface area contributed by atoms with Gasteiger partial charge in [0, 0.05) is 12.7 Å². The molecule has 1 heterocycles. The summed E-state index contributed by atoms with van der Waals surface area (Å²) >= 11 is 5.75. The number of ether oxygens (including phenoxy) is 1. The highest BCUT2D eigenvalue weighted by atomic mass is 35.5. The predicted octanol–water partition coefficient (Wildman–Crippen LogP) is 1.97. The second kappa shape index (κ2) is 6.25. The fourth-order valence-corrected chi connectivity index (χ4v) is 1.81. The topological polar surface area (TPSA) is 71.2 Å². The predicted molar refractivity (Wildman–Crippen MR) is 76.2 cm³/mol. The van der Waals surface area contributed by atoms with E-state index in [1.54, 1.807) is 19.2 Å². The van der Waals surface area contributed by atoms with Crippen molar-refractivity contribution >= 4 is 17.5 Å². The molecule has 20 heavy (non-hydrogen) atoms. The number of carbonyl (C=O) groups is 1. The molecule has 1 amide bonds. The molecule has 0 bridgehead atoms. The van der Waals surface area contributed by atoms with E-state index in [0.717, 1.165) is 11.3 Å². The van der Waals surface area contributed by atoms with Crippen LogP contribution in [0.3, 0.4) is 0 Å². The summed E-state index contributed by atoms with van der Waals surface area (Å²) in [4.78, 5) is 25.8. The van der Waals surface area contributed by atoms with Crippen LogP contribution in [0.1, 0.15) is 15.9 Å². The number of H-pyrrole nitrogens is 1. The summed E-state index contributed by atoms with van der Waals surface area (Å²) in [5.74, 6) is 0.274. The molecule has 2 N–H and O–H groups in total. The maximum Gasteiger partial charge on any atom is 0.260 e. The molecular formula is C14H13ClN2O3. The third kappa shape index (κ3) is 3.39. The highest BCUT2D eigenvalue weighted by molar-refractivity contribution is 6.30. The van der Waals surface area contributed by atoms with Gasteiger partial charge in [-0.25, -0.2) is 0 Å². The molecule has 5 nitrogen and oxygen atoms in total. The van der Waals surface area contributed by atoms with Crippen molar-refractivity contribution in [2.75, 3.05) is 7.11 Å². The number of hydrogen-bond acceptors (Lipinski definition) is 3. The van der Waals surface area contributed by atoms with E-state index in [4.69, 9.17) is 16.3 Å². The van der Waals surface area contributed by atoms with Gasteiger partial charge in [-0.05, 0) is 23.8 Å². The summed E-state index contributed by atoms with van der Waals surface area (Å²) < 4.78 is 5.05. The van der Waals surface area contributed by atoms with E-state index in [0.29, 0.717) is 11.6 Å². The zero-order valence-corrected chi connectivity index (χ0v) is 11.5. The summed E-state index contributed by atoms with van der Waals surface area (Å²) in [5.41, 5.74) is 0.422. The van der Waals surface area contributed by atoms with Crippen molar-refractivity contribution < 1.29 is 9.53 Å². The van der Waals surface area contributed by atoms with E-state index in [9.17, 15) is 9.59 Å². The number of benzene rings is 1. The lowest BCUT2D eigenvalue weighted by atomic mass is 10.2. The molecule has 0 saturated heterocycles. The lowest BCUT2D eigenvalue weighted by Crippen LogP contribution is -2.29. The van der Waals surface area contributed by atoms with Crippen molar-refractivity contribution in [3.05, 3.63) is 63.0 Å². The largest absolute Gasteiger partial charge is 0.497 e. The van der Waals surface area contributed by atoms with Crippen molar-refractivity contribution in [2.24, 2.45) is 0 Å². The van der Waals surface area contributed by atoms with Gasteiger partial charge >= 0.3 is 0 Å². The Morgan fingerprint density at radius 1 is 1.35 bits per heavy atom. The van der Waals surface area contributed by atoms with Gasteiger partial charge in [0.25, 0.3) is 11.5 Å². The molecule has 1 aromatic carbocycles. The van der Waals surface area contributed by atoms with Crippen LogP contribution in [0.5, 0.6) is 5.75 Å². The SMILES string of the molecule is COc1ccc(CNC(=O)c2cc(Cl)c[nH]c2=O)cc1. The molecule has 0 spiro atoms. The second-order valence-electron chi connectivity index (χ2n) is 4.09. The van der Waals surface area contributed by atoms with Gasteiger partial charge in [-0.2, -0.15) is 0 Å². The maximum absolute atomic E-state index is 11.9. The summed E-state index contributed by atoms with van der Waals surface area (Å²) in [6.07, 6.45) is 1.34. The van der Waals surface area contributed by atoms with E-state index >= 15 is 0 Å². The first-order chi connectivity index (χ1) is 9.60. The highest BCUT2D eigenvalue weighted by Gasteiger charge is 2.10. The van der Waals surface area contributed by atoms with Gasteiger partial charge in [0.1, 0.15) is 11.3 Å². The standard InChI is InChI=1S/C14H13ClN2O3/c1-20-11-4-2-9(3-5-11)7-16-13(18)12-6-10(15)8-17-14(12)19/h2-6,8H,7H2,1H3,(H,16,18)(H,17,19). The van der Waals surface area contributed by atoms with Crippen LogP contribution in [0.4, 0.5) is 0 Å². The zero-order valence-electron chi connectivity index (χ0n) is 10.8. The van der Waals surface area contributed by atoms with E-state index < -0.39 is 11.5 Å². The number of halogens is 1. The molecule has 0 atom stereocenters. The first-order valence-corrected chi connectivity index (χ1v) is 6.27. The van der Waals surface area contributed by atoms with Crippen molar-refractivity contribution in [1.29, 1.82) is 0 Å². The van der Waals surface area contributed by atoms with Crippen LogP contribution in [0.15, 0.2) is 41.3 Å². The van der Waals surface area contributed by atoms with Crippen LogP contribution >= 0.6 is 11.6 Å². The van der Waals surface area contributed by atoms with E-state index in [1.165, 1.54) is 12.3 Å². The van der Waals surface area contributed by atoms with Gasteiger partial charge < -0.3 is 15.0 Å². The van der Waals surface area contributed by atoms with Crippen LogP contribution in [0, 0.1) is 0 Å². The number of hydrogen-bond donors (Lipinski definition) is 2. The van der Waals surface area contributed by atoms with Crippen molar-refractivity contribution in [2.45, 2.75) is 6.54 Å². The van der Waals surface area contributed by atoms with Gasteiger partial charge in [-0.15, -0.1) is 0 Å². The molecule has 0 saturated carbocycles. The Morgan fingerprint density at radius 2 is 2.05 bits per heavy atom. The molecule has 0 aliphatic heterocycles. The van der Waals surface area contributed by atoms with E-state index in [-0.39, 0.29) is 5.56 Å². The summed E-state index contributed by atoms with van der Waals surface area (Å²) in [5, 5.41) is 2.97. The molecule has 0 fully saturated rings. The smallest absolute Gasteiger partial charge is 0.260 e. The Hall–Kier alpha value is -2.27. The number of carbonyl (C=O) groups excluding carboxylic acids is 1. The van der Waals surface area contributed by atoms with E-state index in [2.05, 4.69) is 10.3 Å². The quantitative estimate of drug-likeness (QED) is 0.905. The van der Waals surface area contributed by atoms with Gasteiger partial charge in [0.05, 0.1) is 12.1 Å². The monoisotopic (exact) mass is 292 g/mol. The average Bonchev–Trinajstić information content (AvgIpc) is 2.47. The van der Waals surface area contributed by atoms with Gasteiger partial charge in [0.2, 0.25) is 0 Å². The van der Waals surface area contributed by atoms with E-state index in [1.807, 2.05) is 12.1 Å². The molecule has 0 radical (unpaired) electrons. The lowest BCUT2D eigenvalue weighted by molar-refractivity contribution is 0.0949. The van der Waals surface area contributed by atoms with Crippen molar-refractivity contribution in [1.82, 2.24) is 10.3 Å². The highest BCUT2D eigenvalue weighted by Crippen LogP contribution is 2.11. The third-order valence-corrected chi connectivity index (χ3v) is 2.94. The fraction of sp³-hybridized carbons (Fsp3) is 0.143. The average molecular weight is 293 g/mol. The minimum Gasteiger partial charge on any atom is -0.497 e. The molecule has 0 aliphatic rings. The van der Waals surface area contributed by atoms with Gasteiger partial charge in [0.15, 0.2) is 0 Å². The molecule has 0 aliphatic carbocycles. The van der Waals surface area contributed by atoms with Crippen LogP contribution < -0.4 is 15.6 Å². The minimum absolute atomic E-state index is 0.00832. The number of aromatic nitrogens is 1. The van der Waals surface area contributed by atoms with Gasteiger partial charge in [-0.1, -0.05) is 23.7 Å². The van der Waals surface area contributed by atoms with Crippen LogP contribution in [0.2, 0.25) is 5.02 Å². The minimum atomic E-state index is -0.471. The Balaban J connectivity index is 2.04. The van der Waals surface area contributed by atoms with Crippen molar-refractivity contribution in [3.8, 4) is 5.75 Å². The molecule has 1 aromatic heterocycles. The first kappa shape index (κ1) is 14.1. The lowest BCUT2D eigenvalue weighted by Gasteiger charge is -2.06. The Morgan fingerprint density at radius 3 is 2.70 bits per heavy atom. The molecule has 2 rings (SSSR count). The van der Waals surface area contributed by atoms with Crippen LogP contribution in [-0.4, -0.2) is 18.0 Å². The molecule has 104 valence electrons. The first-order valence-electron chi connectivity index (χ1n) is 5.89. The number of pyridine rings is 1. The molecule has 2 aromatic rings. The van der Waals surface area contributed by atoms with Gasteiger partial charge in [-0.3, -0.25) is 9.59 Å². The number of methoxy groups -OCH3 is 1. The second-order valence-corrected chi connectivity index (χ2v) is 4.53. The van der Waals surface area contributed by atoms with Crippen molar-refractivity contribution in [3.63, 3.8) is 0 Å². The summed E-state index contributed by atoms with van der Waals surface area (Å²) in [7, 11) is 1.59. The summed E-state index contributed by atoms with van der Waals surface area (Å²) in [6, 6.07) is 8.60. The number of nitrogens with one attached hydrogen (secondary N) is 2. The number of aromatic amines is 1. The number of rotatable bonds is 4. The maximum atomic E-state index is 11.9. The molecule has 0 unspecified atom stereocenters. The Bertz CT molecular complexity index is 665. The van der Waals surface area contributed by atoms with Crippen LogP contribution in [0.25, 0.3) is 0 Å². The molecule has 6 heteroatoms. The normalized spacial score (nSPS) is 10.1. The third-order valence-electron chi connectivity index (χ3n) is 2.72. The fourth-order valence-electron chi connectivity index (χ4n) is 1.65. The zero-order chi connectivity index (χ0) is 14.5. The Kier molecular flexibility index (Phi) is 4.42. The number of amides is 1. The Labute approximate surface area is 120 Å².